The summed E-state index contributed by atoms with van der Waals surface area (Å²) in [6.07, 6.45) is 0.933. The molecule has 0 saturated heterocycles. The number of β-amino-alcohol motifs (C(OH)–C–C–N with tert-alkyl or cyclic N) is 1. The molecule has 2 aromatic carbocycles. The normalized spacial score (nSPS) is 21.7. The van der Waals surface area contributed by atoms with Gasteiger partial charge in [0, 0.05) is 16.8 Å². The van der Waals surface area contributed by atoms with E-state index in [4.69, 9.17) is 16.3 Å². The van der Waals surface area contributed by atoms with Crippen LogP contribution < -0.4 is 26.6 Å². The number of hydrogen-bond acceptors (Lipinski definition) is 4. The quantitative estimate of drug-likeness (QED) is 0.665. The van der Waals surface area contributed by atoms with Crippen molar-refractivity contribution in [2.24, 2.45) is 0 Å². The summed E-state index contributed by atoms with van der Waals surface area (Å²) in [5, 5.41) is 13.1. The Morgan fingerprint density at radius 2 is 2.00 bits per heavy atom. The van der Waals surface area contributed by atoms with Gasteiger partial charge in [0.15, 0.2) is 6.54 Å². The maximum absolute atomic E-state index is 14.8. The van der Waals surface area contributed by atoms with Gasteiger partial charge in [-0.25, -0.2) is 13.9 Å². The third-order valence-electron chi connectivity index (χ3n) is 4.79. The van der Waals surface area contributed by atoms with Crippen molar-refractivity contribution in [1.29, 1.82) is 0 Å². The highest BCUT2D eigenvalue weighted by Gasteiger charge is 2.54. The van der Waals surface area contributed by atoms with Gasteiger partial charge in [-0.1, -0.05) is 11.6 Å². The van der Waals surface area contributed by atoms with Crippen molar-refractivity contribution in [3.05, 3.63) is 58.9 Å². The fourth-order valence-electron chi connectivity index (χ4n) is 3.50. The van der Waals surface area contributed by atoms with Gasteiger partial charge in [-0.15, -0.1) is 0 Å². The van der Waals surface area contributed by atoms with Crippen molar-refractivity contribution < 1.29 is 35.8 Å². The van der Waals surface area contributed by atoms with Crippen LogP contribution in [-0.2, 0) is 5.72 Å². The minimum Gasteiger partial charge on any atom is -1.00 e. The van der Waals surface area contributed by atoms with Gasteiger partial charge in [0.05, 0.1) is 19.2 Å². The molecule has 2 heterocycles. The highest BCUT2D eigenvalue weighted by Crippen LogP contribution is 2.39. The van der Waals surface area contributed by atoms with Crippen LogP contribution in [0.15, 0.2) is 42.5 Å². The highest BCUT2D eigenvalue weighted by atomic mass is 79.9. The van der Waals surface area contributed by atoms with E-state index >= 15 is 0 Å². The largest absolute Gasteiger partial charge is 1.00 e. The second-order valence-corrected chi connectivity index (χ2v) is 7.86. The van der Waals surface area contributed by atoms with Gasteiger partial charge in [0.2, 0.25) is 0 Å². The van der Waals surface area contributed by atoms with Crippen LogP contribution in [0.3, 0.4) is 0 Å². The van der Waals surface area contributed by atoms with Crippen molar-refractivity contribution in [1.82, 2.24) is 0 Å². The lowest BCUT2D eigenvalue weighted by atomic mass is 10.0. The number of rotatable bonds is 3. The molecule has 27 heavy (non-hydrogen) atoms. The van der Waals surface area contributed by atoms with Crippen molar-refractivity contribution in [2.45, 2.75) is 12.1 Å². The summed E-state index contributed by atoms with van der Waals surface area (Å²) in [5.41, 5.74) is -0.248. The molecule has 2 aromatic rings. The van der Waals surface area contributed by atoms with Gasteiger partial charge in [-0.05, 0) is 54.6 Å². The Kier molecular flexibility index (Phi) is 6.05. The monoisotopic (exact) mass is 472 g/mol. The maximum atomic E-state index is 14.8. The zero-order valence-electron chi connectivity index (χ0n) is 14.7. The van der Waals surface area contributed by atoms with Crippen molar-refractivity contribution in [2.75, 3.05) is 30.9 Å². The predicted molar refractivity (Wildman–Crippen MR) is 103 cm³/mol. The summed E-state index contributed by atoms with van der Waals surface area (Å²) in [6.45, 7) is 0.925. The molecule has 0 bridgehead atoms. The average Bonchev–Trinajstić information content (AvgIpc) is 2.96. The number of amidine groups is 1. The molecule has 1 N–H and O–H groups in total. The van der Waals surface area contributed by atoms with Crippen LogP contribution in [0, 0.1) is 5.82 Å². The zero-order valence-corrected chi connectivity index (χ0v) is 17.8. The fraction of sp³-hybridized carbons (Fsp3) is 0.316. The van der Waals surface area contributed by atoms with E-state index < -0.39 is 11.5 Å². The van der Waals surface area contributed by atoms with E-state index in [1.165, 1.54) is 13.2 Å². The first-order valence-electron chi connectivity index (χ1n) is 8.40. The first-order valence-corrected chi connectivity index (χ1v) is 9.76. The maximum Gasteiger partial charge on any atom is 0.316 e. The molecule has 0 radical (unpaired) electrons. The average molecular weight is 474 g/mol. The molecule has 0 saturated carbocycles. The Morgan fingerprint density at radius 3 is 2.67 bits per heavy atom. The number of nitrogens with zero attached hydrogens (tertiary/aromatic N) is 2. The first-order chi connectivity index (χ1) is 12.5. The van der Waals surface area contributed by atoms with Gasteiger partial charge in [-0.2, -0.15) is 0 Å². The third-order valence-corrected chi connectivity index (χ3v) is 6.23. The van der Waals surface area contributed by atoms with Crippen molar-refractivity contribution in [3.8, 4) is 5.75 Å². The highest BCUT2D eigenvalue weighted by molar-refractivity contribution is 8.13. The minimum atomic E-state index is -1.43. The van der Waals surface area contributed by atoms with Crippen LogP contribution in [0.1, 0.15) is 12.0 Å². The number of halogens is 3. The standard InChI is InChI=1S/C19H19ClFN2O2S.BrH/c1-25-15-7-8-16(17(21)11-15)19(24)12-22(14-5-3-13(20)4-6-14)18-23(19)9-2-10-26-18;/h3-8,11,24H,2,9-10,12H2,1H3;1H/q+1;/p-1. The SMILES string of the molecule is COc1ccc(C2(O)CN(c3ccc(Cl)cc3)C3=[N+]2CCCS3)c(F)c1.[Br-]. The first kappa shape index (κ1) is 20.5. The van der Waals surface area contributed by atoms with Crippen LogP contribution in [0.5, 0.6) is 5.75 Å². The Hall–Kier alpha value is -1.28. The van der Waals surface area contributed by atoms with Crippen LogP contribution in [0.4, 0.5) is 10.1 Å². The molecule has 144 valence electrons. The number of hydrogen-bond donors (Lipinski definition) is 1. The summed E-state index contributed by atoms with van der Waals surface area (Å²) in [4.78, 5) is 2.03. The van der Waals surface area contributed by atoms with E-state index in [0.717, 1.165) is 23.0 Å². The molecular weight excluding hydrogens is 455 g/mol. The lowest BCUT2D eigenvalue weighted by Crippen LogP contribution is -3.00. The molecule has 1 unspecified atom stereocenters. The van der Waals surface area contributed by atoms with E-state index in [1.54, 1.807) is 23.9 Å². The molecule has 8 heteroatoms. The second kappa shape index (κ2) is 7.99. The molecule has 0 aliphatic carbocycles. The molecule has 0 spiro atoms. The number of ether oxygens (including phenoxy) is 1. The fourth-order valence-corrected chi connectivity index (χ4v) is 4.81. The molecule has 0 fully saturated rings. The topological polar surface area (TPSA) is 35.7 Å². The predicted octanol–water partition coefficient (Wildman–Crippen LogP) is 0.662. The number of thioether (sulfide) groups is 1. The lowest BCUT2D eigenvalue weighted by Gasteiger charge is -2.24. The third kappa shape index (κ3) is 3.58. The van der Waals surface area contributed by atoms with Gasteiger partial charge < -0.3 is 26.8 Å². The molecule has 2 aliphatic rings. The summed E-state index contributed by atoms with van der Waals surface area (Å²) in [5.74, 6) is 0.927. The Bertz CT molecular complexity index is 881. The van der Waals surface area contributed by atoms with Crippen LogP contribution >= 0.6 is 23.4 Å². The Labute approximate surface area is 177 Å². The summed E-state index contributed by atoms with van der Waals surface area (Å²) >= 11 is 7.69. The van der Waals surface area contributed by atoms with Gasteiger partial charge in [-0.3, -0.25) is 0 Å². The smallest absolute Gasteiger partial charge is 0.316 e. The van der Waals surface area contributed by atoms with Gasteiger partial charge in [0.1, 0.15) is 17.3 Å². The lowest BCUT2D eigenvalue weighted by molar-refractivity contribution is -0.657. The zero-order chi connectivity index (χ0) is 18.3. The van der Waals surface area contributed by atoms with Crippen LogP contribution in [0.25, 0.3) is 0 Å². The number of anilines is 1. The van der Waals surface area contributed by atoms with Crippen LogP contribution in [0.2, 0.25) is 5.02 Å². The second-order valence-electron chi connectivity index (χ2n) is 6.36. The Balaban J connectivity index is 0.00000210. The summed E-state index contributed by atoms with van der Waals surface area (Å²) in [6, 6.07) is 12.1. The number of benzene rings is 2. The van der Waals surface area contributed by atoms with Gasteiger partial charge in [0.25, 0.3) is 5.72 Å². The van der Waals surface area contributed by atoms with E-state index in [0.29, 0.717) is 17.3 Å². The molecule has 4 nitrogen and oxygen atoms in total. The molecule has 4 rings (SSSR count). The molecule has 1 atom stereocenters. The van der Waals surface area contributed by atoms with Crippen molar-refractivity contribution >= 4 is 34.2 Å². The van der Waals surface area contributed by atoms with Crippen molar-refractivity contribution in [3.63, 3.8) is 0 Å². The molecule has 0 aromatic heterocycles. The Morgan fingerprint density at radius 1 is 1.26 bits per heavy atom. The number of methoxy groups -OCH3 is 1. The molecular formula is C19H19BrClFN2O2S. The summed E-state index contributed by atoms with van der Waals surface area (Å²) < 4.78 is 21.7. The van der Waals surface area contributed by atoms with E-state index in [9.17, 15) is 9.50 Å². The van der Waals surface area contributed by atoms with Gasteiger partial charge >= 0.3 is 5.17 Å². The summed E-state index contributed by atoms with van der Waals surface area (Å²) in [7, 11) is 1.49. The van der Waals surface area contributed by atoms with Crippen LogP contribution in [-0.4, -0.2) is 40.8 Å². The van der Waals surface area contributed by atoms with E-state index in [-0.39, 0.29) is 29.1 Å². The minimum absolute atomic E-state index is 0. The number of aliphatic hydroxyl groups is 1. The molecule has 0 amide bonds. The van der Waals surface area contributed by atoms with E-state index in [1.807, 2.05) is 33.7 Å². The van der Waals surface area contributed by atoms with E-state index in [2.05, 4.69) is 0 Å². The molecule has 2 aliphatic heterocycles.